The van der Waals surface area contributed by atoms with Crippen LogP contribution in [0.5, 0.6) is 0 Å². The predicted octanol–water partition coefficient (Wildman–Crippen LogP) is 3.16. The topological polar surface area (TPSA) is 9.23 Å². The Labute approximate surface area is 75.8 Å². The summed E-state index contributed by atoms with van der Waals surface area (Å²) in [5.41, 5.74) is 0. The van der Waals surface area contributed by atoms with Crippen molar-refractivity contribution in [2.24, 2.45) is 5.92 Å². The predicted molar refractivity (Wildman–Crippen MR) is 52.2 cm³/mol. The Morgan fingerprint density at radius 1 is 1.25 bits per heavy atom. The molecular weight excluding hydrogens is 148 g/mol. The van der Waals surface area contributed by atoms with Gasteiger partial charge in [0, 0.05) is 0 Å². The van der Waals surface area contributed by atoms with Gasteiger partial charge in [-0.15, -0.1) is 0 Å². The molecule has 2 atom stereocenters. The van der Waals surface area contributed by atoms with Gasteiger partial charge < -0.3 is 4.74 Å². The molecule has 0 N–H and O–H groups in total. The normalized spacial score (nSPS) is 26.2. The minimum atomic E-state index is 0.404. The minimum absolute atomic E-state index is 0.404. The Morgan fingerprint density at radius 2 is 2.00 bits per heavy atom. The van der Waals surface area contributed by atoms with Crippen LogP contribution in [0.4, 0.5) is 0 Å². The highest BCUT2D eigenvalue weighted by molar-refractivity contribution is 4.90. The maximum atomic E-state index is 5.90. The van der Waals surface area contributed by atoms with Gasteiger partial charge >= 0.3 is 0 Å². The highest BCUT2D eigenvalue weighted by atomic mass is 16.5. The molecule has 0 heterocycles. The Kier molecular flexibility index (Phi) is 3.80. The summed E-state index contributed by atoms with van der Waals surface area (Å²) in [6.07, 6.45) is 8.87. The summed E-state index contributed by atoms with van der Waals surface area (Å²) < 4.78 is 5.90. The molecule has 0 spiro atoms. The lowest BCUT2D eigenvalue weighted by molar-refractivity contribution is -0.0284. The molecule has 70 valence electrons. The molecule has 0 bridgehead atoms. The molecule has 0 saturated heterocycles. The third kappa shape index (κ3) is 2.98. The molecule has 0 aromatic rings. The molecule has 1 rings (SSSR count). The van der Waals surface area contributed by atoms with Crippen LogP contribution < -0.4 is 0 Å². The van der Waals surface area contributed by atoms with Crippen LogP contribution in [0.2, 0.25) is 0 Å². The second kappa shape index (κ2) is 4.66. The quantitative estimate of drug-likeness (QED) is 0.588. The first kappa shape index (κ1) is 9.79. The summed E-state index contributed by atoms with van der Waals surface area (Å²) in [4.78, 5) is 0. The number of hydrogen-bond acceptors (Lipinski definition) is 1. The van der Waals surface area contributed by atoms with E-state index in [0.29, 0.717) is 18.1 Å². The van der Waals surface area contributed by atoms with E-state index in [9.17, 15) is 0 Å². The van der Waals surface area contributed by atoms with E-state index in [-0.39, 0.29) is 0 Å². The van der Waals surface area contributed by atoms with Crippen molar-refractivity contribution in [2.45, 2.75) is 52.2 Å². The fourth-order valence-corrected chi connectivity index (χ4v) is 1.35. The second-order valence-corrected chi connectivity index (χ2v) is 3.99. The van der Waals surface area contributed by atoms with Crippen molar-refractivity contribution < 1.29 is 4.74 Å². The molecule has 2 unspecified atom stereocenters. The maximum Gasteiger partial charge on any atom is 0.0616 e. The first-order valence-corrected chi connectivity index (χ1v) is 5.00. The highest BCUT2D eigenvalue weighted by Gasteiger charge is 2.15. The third-order valence-electron chi connectivity index (χ3n) is 2.57. The standard InChI is InChI=1S/C11H20O/c1-9(2)10(3)12-11-7-5-4-6-8-11/h4-5,9-11H,6-8H2,1-3H3. The largest absolute Gasteiger partial charge is 0.375 e. The number of ether oxygens (including phenoxy) is 1. The average molecular weight is 168 g/mol. The monoisotopic (exact) mass is 168 g/mol. The van der Waals surface area contributed by atoms with Crippen LogP contribution in [0.1, 0.15) is 40.0 Å². The summed E-state index contributed by atoms with van der Waals surface area (Å²) in [5, 5.41) is 0. The Bertz CT molecular complexity index is 149. The SMILES string of the molecule is CC(C)C(C)OC1CC=CCC1. The molecule has 0 aromatic heterocycles. The van der Waals surface area contributed by atoms with E-state index in [4.69, 9.17) is 4.74 Å². The van der Waals surface area contributed by atoms with Gasteiger partial charge in [0.25, 0.3) is 0 Å². The highest BCUT2D eigenvalue weighted by Crippen LogP contribution is 2.18. The van der Waals surface area contributed by atoms with Crippen LogP contribution in [0, 0.1) is 5.92 Å². The molecule has 1 aliphatic rings. The fraction of sp³-hybridized carbons (Fsp3) is 0.818. The minimum Gasteiger partial charge on any atom is -0.375 e. The van der Waals surface area contributed by atoms with E-state index in [2.05, 4.69) is 32.9 Å². The number of allylic oxidation sites excluding steroid dienone is 1. The van der Waals surface area contributed by atoms with Crippen molar-refractivity contribution in [3.8, 4) is 0 Å². The van der Waals surface area contributed by atoms with Crippen molar-refractivity contribution in [3.05, 3.63) is 12.2 Å². The van der Waals surface area contributed by atoms with E-state index < -0.39 is 0 Å². The molecule has 0 aliphatic heterocycles. The Balaban J connectivity index is 2.25. The van der Waals surface area contributed by atoms with Crippen molar-refractivity contribution >= 4 is 0 Å². The summed E-state index contributed by atoms with van der Waals surface area (Å²) in [5.74, 6) is 0.635. The molecule has 1 nitrogen and oxygen atoms in total. The number of rotatable bonds is 3. The van der Waals surface area contributed by atoms with E-state index in [0.717, 1.165) is 6.42 Å². The molecule has 0 radical (unpaired) electrons. The fourth-order valence-electron chi connectivity index (χ4n) is 1.35. The van der Waals surface area contributed by atoms with E-state index in [1.165, 1.54) is 12.8 Å². The molecule has 1 aliphatic carbocycles. The lowest BCUT2D eigenvalue weighted by atomic mass is 10.0. The molecule has 0 amide bonds. The summed E-state index contributed by atoms with van der Waals surface area (Å²) >= 11 is 0. The van der Waals surface area contributed by atoms with Crippen molar-refractivity contribution in [1.82, 2.24) is 0 Å². The lowest BCUT2D eigenvalue weighted by Crippen LogP contribution is -2.24. The summed E-state index contributed by atoms with van der Waals surface area (Å²) in [7, 11) is 0. The van der Waals surface area contributed by atoms with Gasteiger partial charge in [0.05, 0.1) is 12.2 Å². The van der Waals surface area contributed by atoms with E-state index >= 15 is 0 Å². The van der Waals surface area contributed by atoms with Crippen molar-refractivity contribution in [2.75, 3.05) is 0 Å². The van der Waals surface area contributed by atoms with Gasteiger partial charge in [-0.2, -0.15) is 0 Å². The third-order valence-corrected chi connectivity index (χ3v) is 2.57. The zero-order valence-corrected chi connectivity index (χ0v) is 8.42. The molecule has 12 heavy (non-hydrogen) atoms. The first-order chi connectivity index (χ1) is 5.70. The summed E-state index contributed by atoms with van der Waals surface area (Å²) in [6.45, 7) is 6.59. The van der Waals surface area contributed by atoms with Gasteiger partial charge in [0.15, 0.2) is 0 Å². The summed E-state index contributed by atoms with van der Waals surface area (Å²) in [6, 6.07) is 0. The molecular formula is C11H20O. The van der Waals surface area contributed by atoms with Gasteiger partial charge in [-0.1, -0.05) is 26.0 Å². The van der Waals surface area contributed by atoms with Crippen LogP contribution in [0.3, 0.4) is 0 Å². The van der Waals surface area contributed by atoms with Crippen LogP contribution in [0.15, 0.2) is 12.2 Å². The zero-order valence-electron chi connectivity index (χ0n) is 8.42. The zero-order chi connectivity index (χ0) is 8.97. The van der Waals surface area contributed by atoms with Gasteiger partial charge in [0.1, 0.15) is 0 Å². The Hall–Kier alpha value is -0.300. The first-order valence-electron chi connectivity index (χ1n) is 5.00. The lowest BCUT2D eigenvalue weighted by Gasteiger charge is -2.25. The van der Waals surface area contributed by atoms with Gasteiger partial charge in [-0.25, -0.2) is 0 Å². The molecule has 0 saturated carbocycles. The second-order valence-electron chi connectivity index (χ2n) is 3.99. The Morgan fingerprint density at radius 3 is 2.50 bits per heavy atom. The number of hydrogen-bond donors (Lipinski definition) is 0. The van der Waals surface area contributed by atoms with Crippen LogP contribution in [0.25, 0.3) is 0 Å². The molecule has 0 fully saturated rings. The van der Waals surface area contributed by atoms with Gasteiger partial charge in [-0.3, -0.25) is 0 Å². The van der Waals surface area contributed by atoms with E-state index in [1.807, 2.05) is 0 Å². The van der Waals surface area contributed by atoms with Gasteiger partial charge in [-0.05, 0) is 32.1 Å². The van der Waals surface area contributed by atoms with Gasteiger partial charge in [0.2, 0.25) is 0 Å². The average Bonchev–Trinajstić information content (AvgIpc) is 2.06. The van der Waals surface area contributed by atoms with Crippen molar-refractivity contribution in [3.63, 3.8) is 0 Å². The van der Waals surface area contributed by atoms with Crippen LogP contribution in [-0.4, -0.2) is 12.2 Å². The van der Waals surface area contributed by atoms with Crippen LogP contribution >= 0.6 is 0 Å². The maximum absolute atomic E-state index is 5.90. The van der Waals surface area contributed by atoms with Crippen LogP contribution in [-0.2, 0) is 4.74 Å². The smallest absolute Gasteiger partial charge is 0.0616 e. The van der Waals surface area contributed by atoms with Crippen molar-refractivity contribution in [1.29, 1.82) is 0 Å². The molecule has 1 heteroatoms. The van der Waals surface area contributed by atoms with E-state index in [1.54, 1.807) is 0 Å². The molecule has 0 aromatic carbocycles.